The maximum atomic E-state index is 12.3. The van der Waals surface area contributed by atoms with Gasteiger partial charge < -0.3 is 0 Å². The molecule has 1 heterocycles. The second-order valence-electron chi connectivity index (χ2n) is 4.56. The van der Waals surface area contributed by atoms with Crippen LogP contribution in [0.15, 0.2) is 36.1 Å². The number of allylic oxidation sites excluding steroid dienone is 5. The normalized spacial score (nSPS) is 21.2. The Morgan fingerprint density at radius 1 is 1.15 bits per heavy atom. The molecule has 104 valence electrons. The molecule has 0 unspecified atom stereocenters. The van der Waals surface area contributed by atoms with E-state index in [2.05, 4.69) is 0 Å². The zero-order valence-electron chi connectivity index (χ0n) is 11.2. The molecule has 1 aliphatic carbocycles. The first-order valence-electron chi connectivity index (χ1n) is 6.14. The van der Waals surface area contributed by atoms with Crippen LogP contribution in [0, 0.1) is 5.92 Å². The summed E-state index contributed by atoms with van der Waals surface area (Å²) in [4.78, 5) is 48.9. The lowest BCUT2D eigenvalue weighted by Gasteiger charge is -2.32. The van der Waals surface area contributed by atoms with Crippen molar-refractivity contribution in [2.24, 2.45) is 5.92 Å². The van der Waals surface area contributed by atoms with Gasteiger partial charge in [0.1, 0.15) is 12.2 Å². The average molecular weight is 274 g/mol. The smallest absolute Gasteiger partial charge is 0.275 e. The predicted octanol–water partition coefficient (Wildman–Crippen LogP) is 0.376. The minimum atomic E-state index is -0.624. The molecule has 4 amide bonds. The van der Waals surface area contributed by atoms with E-state index in [1.807, 2.05) is 12.2 Å². The minimum Gasteiger partial charge on any atom is -0.275 e. The number of amides is 4. The van der Waals surface area contributed by atoms with Gasteiger partial charge in [0.2, 0.25) is 11.8 Å². The summed E-state index contributed by atoms with van der Waals surface area (Å²) in [5, 5.41) is 0. The highest BCUT2D eigenvalue weighted by atomic mass is 16.2. The SMILES string of the molecule is CC(=O)N1CC(=O)N(C(C)=O)/C(=C\C2C=CC=C2)C1=O. The van der Waals surface area contributed by atoms with Gasteiger partial charge >= 0.3 is 0 Å². The molecule has 20 heavy (non-hydrogen) atoms. The highest BCUT2D eigenvalue weighted by molar-refractivity contribution is 6.15. The van der Waals surface area contributed by atoms with Crippen molar-refractivity contribution in [2.45, 2.75) is 13.8 Å². The van der Waals surface area contributed by atoms with E-state index in [0.29, 0.717) is 0 Å². The molecule has 0 spiro atoms. The van der Waals surface area contributed by atoms with Gasteiger partial charge in [-0.15, -0.1) is 0 Å². The van der Waals surface area contributed by atoms with E-state index < -0.39 is 30.2 Å². The Morgan fingerprint density at radius 3 is 2.25 bits per heavy atom. The lowest BCUT2D eigenvalue weighted by molar-refractivity contribution is -0.157. The summed E-state index contributed by atoms with van der Waals surface area (Å²) < 4.78 is 0. The van der Waals surface area contributed by atoms with E-state index in [-0.39, 0.29) is 11.6 Å². The summed E-state index contributed by atoms with van der Waals surface area (Å²) in [5.41, 5.74) is -0.0647. The number of hydrogen-bond acceptors (Lipinski definition) is 4. The van der Waals surface area contributed by atoms with Crippen molar-refractivity contribution in [2.75, 3.05) is 6.54 Å². The van der Waals surface area contributed by atoms with Crippen molar-refractivity contribution >= 4 is 23.6 Å². The zero-order valence-corrected chi connectivity index (χ0v) is 11.2. The summed E-state index contributed by atoms with van der Waals surface area (Å²) in [6.07, 6.45) is 8.75. The molecule has 0 aromatic carbocycles. The third kappa shape index (κ3) is 2.45. The van der Waals surface area contributed by atoms with Crippen molar-refractivity contribution < 1.29 is 19.2 Å². The molecule has 0 N–H and O–H groups in total. The second-order valence-corrected chi connectivity index (χ2v) is 4.56. The van der Waals surface area contributed by atoms with Crippen LogP contribution >= 0.6 is 0 Å². The van der Waals surface area contributed by atoms with E-state index in [1.165, 1.54) is 19.9 Å². The maximum absolute atomic E-state index is 12.3. The first-order valence-corrected chi connectivity index (χ1v) is 6.14. The molecule has 0 aromatic heterocycles. The Bertz CT molecular complexity index is 574. The van der Waals surface area contributed by atoms with E-state index in [1.54, 1.807) is 12.2 Å². The highest BCUT2D eigenvalue weighted by Gasteiger charge is 2.39. The largest absolute Gasteiger partial charge is 0.277 e. The van der Waals surface area contributed by atoms with Crippen molar-refractivity contribution in [1.29, 1.82) is 0 Å². The summed E-state index contributed by atoms with van der Waals surface area (Å²) in [6.45, 7) is 2.02. The second kappa shape index (κ2) is 5.24. The van der Waals surface area contributed by atoms with Crippen LogP contribution in [0.4, 0.5) is 0 Å². The van der Waals surface area contributed by atoms with Crippen LogP contribution in [0.5, 0.6) is 0 Å². The molecule has 1 saturated heterocycles. The van der Waals surface area contributed by atoms with Crippen molar-refractivity contribution in [3.8, 4) is 0 Å². The zero-order chi connectivity index (χ0) is 14.9. The quantitative estimate of drug-likeness (QED) is 0.648. The fourth-order valence-electron chi connectivity index (χ4n) is 2.13. The van der Waals surface area contributed by atoms with Crippen LogP contribution in [0.1, 0.15) is 13.8 Å². The van der Waals surface area contributed by atoms with Gasteiger partial charge in [0.05, 0.1) is 0 Å². The van der Waals surface area contributed by atoms with Gasteiger partial charge in [-0.25, -0.2) is 4.90 Å². The maximum Gasteiger partial charge on any atom is 0.277 e. The molecule has 2 aliphatic rings. The van der Waals surface area contributed by atoms with Crippen LogP contribution in [0.25, 0.3) is 0 Å². The fourth-order valence-corrected chi connectivity index (χ4v) is 2.13. The molecule has 0 bridgehead atoms. The topological polar surface area (TPSA) is 74.8 Å². The number of hydrogen-bond donors (Lipinski definition) is 0. The minimum absolute atomic E-state index is 0.0647. The van der Waals surface area contributed by atoms with Gasteiger partial charge in [-0.05, 0) is 6.08 Å². The van der Waals surface area contributed by atoms with Crippen molar-refractivity contribution in [1.82, 2.24) is 9.80 Å². The average Bonchev–Trinajstić information content (AvgIpc) is 2.85. The number of carbonyl (C=O) groups excluding carboxylic acids is 4. The van der Waals surface area contributed by atoms with Crippen molar-refractivity contribution in [3.63, 3.8) is 0 Å². The lowest BCUT2D eigenvalue weighted by Crippen LogP contribution is -2.55. The lowest BCUT2D eigenvalue weighted by atomic mass is 10.1. The summed E-state index contributed by atoms with van der Waals surface area (Å²) >= 11 is 0. The Kier molecular flexibility index (Phi) is 3.65. The molecular weight excluding hydrogens is 260 g/mol. The van der Waals surface area contributed by atoms with Crippen LogP contribution in [0.2, 0.25) is 0 Å². The Hall–Kier alpha value is -2.50. The van der Waals surface area contributed by atoms with Gasteiger partial charge in [0.25, 0.3) is 11.8 Å². The number of piperazine rings is 1. The molecule has 1 fully saturated rings. The van der Waals surface area contributed by atoms with Crippen LogP contribution in [-0.2, 0) is 19.2 Å². The van der Waals surface area contributed by atoms with Gasteiger partial charge in [0, 0.05) is 19.8 Å². The molecule has 0 radical (unpaired) electrons. The number of nitrogens with zero attached hydrogens (tertiary/aromatic N) is 2. The number of carbonyl (C=O) groups is 4. The van der Waals surface area contributed by atoms with E-state index in [9.17, 15) is 19.2 Å². The molecule has 0 aromatic rings. The van der Waals surface area contributed by atoms with E-state index >= 15 is 0 Å². The first-order chi connectivity index (χ1) is 9.41. The molecule has 6 nitrogen and oxygen atoms in total. The third-order valence-corrected chi connectivity index (χ3v) is 3.07. The predicted molar refractivity (Wildman–Crippen MR) is 69.8 cm³/mol. The van der Waals surface area contributed by atoms with Gasteiger partial charge in [-0.3, -0.25) is 24.1 Å². The van der Waals surface area contributed by atoms with Crippen LogP contribution < -0.4 is 0 Å². The Labute approximate surface area is 116 Å². The monoisotopic (exact) mass is 274 g/mol. The first kappa shape index (κ1) is 13.9. The Morgan fingerprint density at radius 2 is 1.75 bits per heavy atom. The molecule has 1 aliphatic heterocycles. The molecule has 0 atom stereocenters. The van der Waals surface area contributed by atoms with Crippen molar-refractivity contribution in [3.05, 3.63) is 36.1 Å². The number of rotatable bonds is 1. The third-order valence-electron chi connectivity index (χ3n) is 3.07. The summed E-state index contributed by atoms with van der Waals surface area (Å²) in [5.74, 6) is -2.43. The van der Waals surface area contributed by atoms with Crippen LogP contribution in [0.3, 0.4) is 0 Å². The Balaban J connectivity index is 2.43. The molecule has 6 heteroatoms. The summed E-state index contributed by atoms with van der Waals surface area (Å²) in [7, 11) is 0. The van der Waals surface area contributed by atoms with E-state index in [4.69, 9.17) is 0 Å². The standard InChI is InChI=1S/C14H14N2O4/c1-9(17)15-8-13(19)16(10(2)18)12(14(15)20)7-11-5-3-4-6-11/h3-7,11H,8H2,1-2H3/b12-7-. The molecular formula is C14H14N2O4. The van der Waals surface area contributed by atoms with Crippen LogP contribution in [-0.4, -0.2) is 40.0 Å². The fraction of sp³-hybridized carbons (Fsp3) is 0.286. The summed E-state index contributed by atoms with van der Waals surface area (Å²) in [6, 6.07) is 0. The van der Waals surface area contributed by atoms with Gasteiger partial charge in [-0.1, -0.05) is 24.3 Å². The van der Waals surface area contributed by atoms with E-state index in [0.717, 1.165) is 9.80 Å². The molecule has 0 saturated carbocycles. The number of imide groups is 2. The highest BCUT2D eigenvalue weighted by Crippen LogP contribution is 2.21. The van der Waals surface area contributed by atoms with Gasteiger partial charge in [0.15, 0.2) is 0 Å². The molecule has 2 rings (SSSR count). The van der Waals surface area contributed by atoms with Gasteiger partial charge in [-0.2, -0.15) is 0 Å².